The minimum atomic E-state index is 0.681. The first-order chi connectivity index (χ1) is 6.18. The first kappa shape index (κ1) is 9.01. The molecule has 68 valence electrons. The summed E-state index contributed by atoms with van der Waals surface area (Å²) >= 11 is 3.58. The molecule has 0 heterocycles. The van der Waals surface area contributed by atoms with E-state index in [0.29, 0.717) is 5.92 Å². The average molecular weight is 237 g/mol. The van der Waals surface area contributed by atoms with Crippen LogP contribution in [0.4, 0.5) is 0 Å². The Balaban J connectivity index is 2.60. The third-order valence-electron chi connectivity index (χ3n) is 2.66. The third-order valence-corrected chi connectivity index (χ3v) is 3.35. The maximum Gasteiger partial charge on any atom is 0.0250 e. The molecule has 0 saturated heterocycles. The van der Waals surface area contributed by atoms with Crippen molar-refractivity contribution in [1.29, 1.82) is 0 Å². The molecule has 1 aliphatic carbocycles. The lowest BCUT2D eigenvalue weighted by atomic mass is 9.88. The van der Waals surface area contributed by atoms with Gasteiger partial charge >= 0.3 is 0 Å². The van der Waals surface area contributed by atoms with Crippen molar-refractivity contribution in [2.75, 3.05) is 0 Å². The van der Waals surface area contributed by atoms with E-state index in [2.05, 4.69) is 54.1 Å². The van der Waals surface area contributed by atoms with Crippen LogP contribution in [0.2, 0.25) is 0 Å². The minimum Gasteiger partial charge on any atom is -0.0807 e. The van der Waals surface area contributed by atoms with Crippen molar-refractivity contribution in [3.05, 3.63) is 39.4 Å². The quantitative estimate of drug-likeness (QED) is 0.640. The summed E-state index contributed by atoms with van der Waals surface area (Å²) in [6.07, 6.45) is 5.70. The Kier molecular flexibility index (Phi) is 2.29. The Hall–Kier alpha value is -0.560. The van der Waals surface area contributed by atoms with Crippen LogP contribution in [0.5, 0.6) is 0 Å². The van der Waals surface area contributed by atoms with Crippen molar-refractivity contribution >= 4 is 22.0 Å². The van der Waals surface area contributed by atoms with Crippen LogP contribution < -0.4 is 0 Å². The molecule has 0 bridgehead atoms. The molecule has 1 unspecified atom stereocenters. The molecule has 1 aliphatic rings. The second-order valence-electron chi connectivity index (χ2n) is 3.80. The maximum absolute atomic E-state index is 3.58. The zero-order chi connectivity index (χ0) is 9.42. The number of benzene rings is 1. The van der Waals surface area contributed by atoms with Gasteiger partial charge < -0.3 is 0 Å². The Morgan fingerprint density at radius 1 is 1.38 bits per heavy atom. The topological polar surface area (TPSA) is 0 Å². The summed E-state index contributed by atoms with van der Waals surface area (Å²) < 4.78 is 1.22. The van der Waals surface area contributed by atoms with Gasteiger partial charge in [0.2, 0.25) is 0 Å². The van der Waals surface area contributed by atoms with Crippen molar-refractivity contribution in [3.8, 4) is 0 Å². The molecular weight excluding hydrogens is 224 g/mol. The van der Waals surface area contributed by atoms with E-state index in [9.17, 15) is 0 Å². The number of rotatable bonds is 0. The molecule has 0 fully saturated rings. The number of fused-ring (bicyclic) bond motifs is 1. The van der Waals surface area contributed by atoms with Crippen LogP contribution in [-0.2, 0) is 6.42 Å². The van der Waals surface area contributed by atoms with Crippen molar-refractivity contribution in [3.63, 3.8) is 0 Å². The molecule has 0 N–H and O–H groups in total. The highest BCUT2D eigenvalue weighted by Gasteiger charge is 2.13. The van der Waals surface area contributed by atoms with E-state index in [1.165, 1.54) is 27.6 Å². The Morgan fingerprint density at radius 3 is 2.92 bits per heavy atom. The Bertz CT molecular complexity index is 364. The fourth-order valence-electron chi connectivity index (χ4n) is 1.85. The number of hydrogen-bond donors (Lipinski definition) is 0. The highest BCUT2D eigenvalue weighted by Crippen LogP contribution is 2.31. The van der Waals surface area contributed by atoms with Gasteiger partial charge in [-0.05, 0) is 42.0 Å². The molecule has 0 radical (unpaired) electrons. The molecule has 0 spiro atoms. The van der Waals surface area contributed by atoms with E-state index in [1.807, 2.05) is 0 Å². The van der Waals surface area contributed by atoms with Crippen LogP contribution >= 0.6 is 15.9 Å². The van der Waals surface area contributed by atoms with Gasteiger partial charge in [-0.2, -0.15) is 0 Å². The summed E-state index contributed by atoms with van der Waals surface area (Å²) in [5.41, 5.74) is 4.29. The van der Waals surface area contributed by atoms with Gasteiger partial charge in [0.15, 0.2) is 0 Å². The fraction of sp³-hybridized carbons (Fsp3) is 0.333. The fourth-order valence-corrected chi connectivity index (χ4v) is 2.35. The Labute approximate surface area is 87.8 Å². The standard InChI is InChI=1S/C12H13Br/c1-8-3-5-10-11(7-8)9(2)4-6-12(10)13/h3-6,8H,7H2,1-2H3. The zero-order valence-electron chi connectivity index (χ0n) is 7.97. The summed E-state index contributed by atoms with van der Waals surface area (Å²) in [7, 11) is 0. The van der Waals surface area contributed by atoms with Crippen molar-refractivity contribution in [2.45, 2.75) is 20.3 Å². The molecule has 1 atom stereocenters. The van der Waals surface area contributed by atoms with Crippen molar-refractivity contribution < 1.29 is 0 Å². The molecule has 0 aliphatic heterocycles. The molecule has 0 aromatic heterocycles. The van der Waals surface area contributed by atoms with Gasteiger partial charge in [-0.3, -0.25) is 0 Å². The number of hydrogen-bond acceptors (Lipinski definition) is 0. The average Bonchev–Trinajstić information content (AvgIpc) is 2.12. The largest absolute Gasteiger partial charge is 0.0807 e. The Morgan fingerprint density at radius 2 is 2.15 bits per heavy atom. The predicted molar refractivity (Wildman–Crippen MR) is 60.8 cm³/mol. The van der Waals surface area contributed by atoms with Crippen molar-refractivity contribution in [1.82, 2.24) is 0 Å². The summed E-state index contributed by atoms with van der Waals surface area (Å²) in [6.45, 7) is 4.46. The van der Waals surface area contributed by atoms with Crippen LogP contribution in [0.15, 0.2) is 22.7 Å². The molecule has 0 nitrogen and oxygen atoms in total. The van der Waals surface area contributed by atoms with Gasteiger partial charge in [0.1, 0.15) is 0 Å². The van der Waals surface area contributed by atoms with Gasteiger partial charge in [-0.1, -0.05) is 41.1 Å². The smallest absolute Gasteiger partial charge is 0.0250 e. The highest BCUT2D eigenvalue weighted by molar-refractivity contribution is 9.10. The lowest BCUT2D eigenvalue weighted by molar-refractivity contribution is 0.713. The summed E-state index contributed by atoms with van der Waals surface area (Å²) in [6, 6.07) is 4.32. The molecule has 13 heavy (non-hydrogen) atoms. The van der Waals surface area contributed by atoms with Crippen LogP contribution in [0.25, 0.3) is 6.08 Å². The minimum absolute atomic E-state index is 0.681. The molecule has 1 aromatic carbocycles. The van der Waals surface area contributed by atoms with Crippen LogP contribution in [0.3, 0.4) is 0 Å². The van der Waals surface area contributed by atoms with E-state index in [0.717, 1.165) is 0 Å². The summed E-state index contributed by atoms with van der Waals surface area (Å²) in [5, 5.41) is 0. The second kappa shape index (κ2) is 3.30. The van der Waals surface area contributed by atoms with E-state index in [1.54, 1.807) is 0 Å². The molecule has 1 heteroatoms. The lowest BCUT2D eigenvalue weighted by Crippen LogP contribution is -2.05. The van der Waals surface area contributed by atoms with Crippen molar-refractivity contribution in [2.24, 2.45) is 5.92 Å². The highest BCUT2D eigenvalue weighted by atomic mass is 79.9. The van der Waals surface area contributed by atoms with Crippen LogP contribution in [-0.4, -0.2) is 0 Å². The lowest BCUT2D eigenvalue weighted by Gasteiger charge is -2.19. The SMILES string of the molecule is Cc1ccc(Br)c2c1CC(C)C=C2. The second-order valence-corrected chi connectivity index (χ2v) is 4.65. The molecule has 2 rings (SSSR count). The van der Waals surface area contributed by atoms with E-state index >= 15 is 0 Å². The van der Waals surface area contributed by atoms with Crippen LogP contribution in [0, 0.1) is 12.8 Å². The van der Waals surface area contributed by atoms with E-state index in [-0.39, 0.29) is 0 Å². The maximum atomic E-state index is 3.58. The first-order valence-electron chi connectivity index (χ1n) is 4.64. The van der Waals surface area contributed by atoms with Crippen LogP contribution in [0.1, 0.15) is 23.6 Å². The summed E-state index contributed by atoms with van der Waals surface area (Å²) in [5.74, 6) is 0.681. The number of aryl methyl sites for hydroxylation is 1. The monoisotopic (exact) mass is 236 g/mol. The van der Waals surface area contributed by atoms with Gasteiger partial charge in [-0.15, -0.1) is 0 Å². The first-order valence-corrected chi connectivity index (χ1v) is 5.44. The normalized spacial score (nSPS) is 20.1. The molecule has 0 saturated carbocycles. The van der Waals surface area contributed by atoms with E-state index in [4.69, 9.17) is 0 Å². The molecule has 0 amide bonds. The number of halogens is 1. The summed E-state index contributed by atoms with van der Waals surface area (Å²) in [4.78, 5) is 0. The molecular formula is C12H13Br. The van der Waals surface area contributed by atoms with Gasteiger partial charge in [0.05, 0.1) is 0 Å². The van der Waals surface area contributed by atoms with E-state index < -0.39 is 0 Å². The molecule has 1 aromatic rings. The number of allylic oxidation sites excluding steroid dienone is 1. The van der Waals surface area contributed by atoms with Gasteiger partial charge in [-0.25, -0.2) is 0 Å². The third kappa shape index (κ3) is 1.58. The zero-order valence-corrected chi connectivity index (χ0v) is 9.56. The van der Waals surface area contributed by atoms with Gasteiger partial charge in [0, 0.05) is 4.47 Å². The predicted octanol–water partition coefficient (Wildman–Crippen LogP) is 3.96. The van der Waals surface area contributed by atoms with Gasteiger partial charge in [0.25, 0.3) is 0 Å².